The highest BCUT2D eigenvalue weighted by Gasteiger charge is 2.54. The van der Waals surface area contributed by atoms with Gasteiger partial charge in [-0.25, -0.2) is 9.48 Å². The van der Waals surface area contributed by atoms with Crippen molar-refractivity contribution in [2.45, 2.75) is 83.6 Å². The zero-order chi connectivity index (χ0) is 30.2. The van der Waals surface area contributed by atoms with Gasteiger partial charge in [0, 0.05) is 12.0 Å². The number of rotatable bonds is 9. The summed E-state index contributed by atoms with van der Waals surface area (Å²) in [7, 11) is -0.461. The van der Waals surface area contributed by atoms with Crippen molar-refractivity contribution in [2.24, 2.45) is 5.92 Å². The zero-order valence-corrected chi connectivity index (χ0v) is 25.6. The van der Waals surface area contributed by atoms with E-state index in [9.17, 15) is 4.79 Å². The van der Waals surface area contributed by atoms with Crippen LogP contribution in [0.3, 0.4) is 0 Å². The van der Waals surface area contributed by atoms with Gasteiger partial charge in [-0.15, -0.1) is 0 Å². The summed E-state index contributed by atoms with van der Waals surface area (Å²) in [5, 5.41) is 17.0. The van der Waals surface area contributed by atoms with Gasteiger partial charge < -0.3 is 29.2 Å². The van der Waals surface area contributed by atoms with E-state index in [2.05, 4.69) is 63.3 Å². The van der Waals surface area contributed by atoms with E-state index in [0.717, 1.165) is 66.3 Å². The SMILES string of the molecule is CC1(C)OB(/C(=C(\c2ccc(OCCNC(=O)O)cc2)c2ccc3c(cnn3C3CCCCO3)c2)C2CCC2)OC1(C)C. The largest absolute Gasteiger partial charge is 0.492 e. The second kappa shape index (κ2) is 12.0. The van der Waals surface area contributed by atoms with E-state index in [4.69, 9.17) is 29.0 Å². The first-order chi connectivity index (χ1) is 20.6. The lowest BCUT2D eigenvalue weighted by Crippen LogP contribution is -2.41. The van der Waals surface area contributed by atoms with Gasteiger partial charge in [0.1, 0.15) is 12.4 Å². The molecule has 0 bridgehead atoms. The molecule has 0 spiro atoms. The Morgan fingerprint density at radius 3 is 2.37 bits per heavy atom. The van der Waals surface area contributed by atoms with Crippen LogP contribution in [0.5, 0.6) is 5.75 Å². The van der Waals surface area contributed by atoms with E-state index in [-0.39, 0.29) is 19.4 Å². The molecule has 2 N–H and O–H groups in total. The van der Waals surface area contributed by atoms with Crippen molar-refractivity contribution in [3.8, 4) is 5.75 Å². The molecule has 10 heteroatoms. The van der Waals surface area contributed by atoms with E-state index < -0.39 is 24.4 Å². The van der Waals surface area contributed by atoms with Crippen molar-refractivity contribution in [2.75, 3.05) is 19.8 Å². The van der Waals surface area contributed by atoms with Crippen LogP contribution in [-0.2, 0) is 14.0 Å². The van der Waals surface area contributed by atoms with Crippen LogP contribution in [0.25, 0.3) is 16.5 Å². The van der Waals surface area contributed by atoms with Crippen LogP contribution < -0.4 is 10.1 Å². The van der Waals surface area contributed by atoms with E-state index in [1.54, 1.807) is 0 Å². The van der Waals surface area contributed by atoms with Crippen LogP contribution in [0, 0.1) is 5.92 Å². The van der Waals surface area contributed by atoms with Gasteiger partial charge in [-0.05, 0) is 112 Å². The van der Waals surface area contributed by atoms with Crippen molar-refractivity contribution < 1.29 is 28.7 Å². The smallest absolute Gasteiger partial charge is 0.491 e. The number of benzene rings is 2. The fourth-order valence-corrected chi connectivity index (χ4v) is 6.10. The summed E-state index contributed by atoms with van der Waals surface area (Å²) in [6, 6.07) is 14.6. The Labute approximate surface area is 253 Å². The first-order valence-electron chi connectivity index (χ1n) is 15.5. The lowest BCUT2D eigenvalue weighted by atomic mass is 9.60. The minimum absolute atomic E-state index is 0.0272. The number of carbonyl (C=O) groups is 1. The molecule has 228 valence electrons. The molecule has 1 atom stereocenters. The average molecular weight is 588 g/mol. The van der Waals surface area contributed by atoms with Gasteiger partial charge in [0.25, 0.3) is 0 Å². The fraction of sp³-hybridized carbons (Fsp3) is 0.515. The van der Waals surface area contributed by atoms with Crippen molar-refractivity contribution in [3.63, 3.8) is 0 Å². The van der Waals surface area contributed by atoms with Crippen molar-refractivity contribution in [1.82, 2.24) is 15.1 Å². The molecule has 3 fully saturated rings. The van der Waals surface area contributed by atoms with Crippen LogP contribution in [0.4, 0.5) is 4.79 Å². The molecule has 3 heterocycles. The molecule has 1 aliphatic carbocycles. The van der Waals surface area contributed by atoms with Gasteiger partial charge in [0.15, 0.2) is 6.23 Å². The summed E-state index contributed by atoms with van der Waals surface area (Å²) in [6.07, 6.45) is 7.44. The fourth-order valence-electron chi connectivity index (χ4n) is 6.10. The van der Waals surface area contributed by atoms with Crippen LogP contribution in [0.15, 0.2) is 54.1 Å². The Hall–Kier alpha value is -3.34. The highest BCUT2D eigenvalue weighted by atomic mass is 16.7. The highest BCUT2D eigenvalue weighted by Crippen LogP contribution is 2.47. The highest BCUT2D eigenvalue weighted by molar-refractivity contribution is 6.56. The molecule has 1 saturated carbocycles. The molecule has 0 radical (unpaired) electrons. The van der Waals surface area contributed by atoms with Gasteiger partial charge in [-0.1, -0.05) is 24.6 Å². The number of ether oxygens (including phenoxy) is 2. The van der Waals surface area contributed by atoms with E-state index in [0.29, 0.717) is 11.7 Å². The molecule has 43 heavy (non-hydrogen) atoms. The topological polar surface area (TPSA) is 104 Å². The van der Waals surface area contributed by atoms with Gasteiger partial charge in [-0.2, -0.15) is 5.10 Å². The van der Waals surface area contributed by atoms with Gasteiger partial charge in [-0.3, -0.25) is 0 Å². The van der Waals surface area contributed by atoms with Crippen LogP contribution in [-0.4, -0.2) is 59.1 Å². The van der Waals surface area contributed by atoms with E-state index in [1.165, 1.54) is 11.9 Å². The second-order valence-electron chi connectivity index (χ2n) is 12.8. The number of aromatic nitrogens is 2. The summed E-state index contributed by atoms with van der Waals surface area (Å²) in [5.74, 6) is 1.04. The number of allylic oxidation sites excluding steroid dienone is 1. The third-order valence-corrected chi connectivity index (χ3v) is 9.44. The average Bonchev–Trinajstić information content (AvgIpc) is 3.47. The summed E-state index contributed by atoms with van der Waals surface area (Å²) < 4.78 is 27.3. The van der Waals surface area contributed by atoms with Crippen LogP contribution >= 0.6 is 0 Å². The molecule has 2 aliphatic heterocycles. The van der Waals surface area contributed by atoms with Gasteiger partial charge >= 0.3 is 13.2 Å². The molecular formula is C33H42BN3O6. The summed E-state index contributed by atoms with van der Waals surface area (Å²) >= 11 is 0. The maximum atomic E-state index is 10.8. The number of hydrogen-bond donors (Lipinski definition) is 2. The second-order valence-corrected chi connectivity index (χ2v) is 12.8. The molecule has 3 aromatic rings. The lowest BCUT2D eigenvalue weighted by molar-refractivity contribution is -0.0366. The third-order valence-electron chi connectivity index (χ3n) is 9.44. The maximum Gasteiger partial charge on any atom is 0.491 e. The van der Waals surface area contributed by atoms with Crippen molar-refractivity contribution in [3.05, 3.63) is 65.3 Å². The molecule has 2 aromatic carbocycles. The first-order valence-corrected chi connectivity index (χ1v) is 15.5. The standard InChI is InChI=1S/C33H42BN3O6/c1-32(2)33(3,4)43-34(42-32)30(23-8-7-9-23)29(22-11-14-26(15-12-22)40-19-17-35-31(38)39)24-13-16-27-25(20-24)21-36-37(27)28-10-5-6-18-41-28/h11-16,20-21,23,28,35H,5-10,17-19H2,1-4H3,(H,38,39)/b30-29+. The van der Waals surface area contributed by atoms with Crippen LogP contribution in [0.1, 0.15) is 83.6 Å². The molecule has 1 unspecified atom stereocenters. The Morgan fingerprint density at radius 1 is 1.02 bits per heavy atom. The maximum absolute atomic E-state index is 10.8. The minimum atomic E-state index is -1.06. The predicted molar refractivity (Wildman–Crippen MR) is 166 cm³/mol. The number of hydrogen-bond acceptors (Lipinski definition) is 6. The Bertz CT molecular complexity index is 1470. The van der Waals surface area contributed by atoms with E-state index in [1.807, 2.05) is 23.0 Å². The molecule has 1 amide bonds. The number of nitrogens with zero attached hydrogens (tertiary/aromatic N) is 2. The summed E-state index contributed by atoms with van der Waals surface area (Å²) in [6.45, 7) is 9.64. The third kappa shape index (κ3) is 6.05. The van der Waals surface area contributed by atoms with Gasteiger partial charge in [0.05, 0.1) is 29.5 Å². The molecule has 6 rings (SSSR count). The minimum Gasteiger partial charge on any atom is -0.492 e. The number of carboxylic acid groups (broad SMARTS) is 1. The first kappa shape index (κ1) is 29.7. The van der Waals surface area contributed by atoms with Crippen molar-refractivity contribution in [1.29, 1.82) is 0 Å². The quantitative estimate of drug-likeness (QED) is 0.214. The lowest BCUT2D eigenvalue weighted by Gasteiger charge is -2.32. The summed E-state index contributed by atoms with van der Waals surface area (Å²) in [5.41, 5.74) is 4.60. The monoisotopic (exact) mass is 587 g/mol. The van der Waals surface area contributed by atoms with E-state index >= 15 is 0 Å². The normalized spacial score (nSPS) is 22.2. The summed E-state index contributed by atoms with van der Waals surface area (Å²) in [4.78, 5) is 10.8. The number of amides is 1. The molecule has 2 saturated heterocycles. The van der Waals surface area contributed by atoms with Crippen LogP contribution in [0.2, 0.25) is 0 Å². The number of fused-ring (bicyclic) bond motifs is 1. The predicted octanol–water partition coefficient (Wildman–Crippen LogP) is 6.62. The van der Waals surface area contributed by atoms with Gasteiger partial charge in [0.2, 0.25) is 0 Å². The van der Waals surface area contributed by atoms with Crippen molar-refractivity contribution >= 4 is 29.7 Å². The molecule has 3 aliphatic rings. The molecule has 1 aromatic heterocycles. The molecule has 9 nitrogen and oxygen atoms in total. The molecular weight excluding hydrogens is 545 g/mol. The Balaban J connectivity index is 1.41. The zero-order valence-electron chi connectivity index (χ0n) is 25.6. The Morgan fingerprint density at radius 2 is 1.74 bits per heavy atom. The Kier molecular flexibility index (Phi) is 8.28. The number of nitrogens with one attached hydrogen (secondary N) is 1.